The normalized spacial score (nSPS) is 18.1. The lowest BCUT2D eigenvalue weighted by Gasteiger charge is -2.33. The second-order valence-corrected chi connectivity index (χ2v) is 9.43. The third-order valence-corrected chi connectivity index (χ3v) is 4.98. The van der Waals surface area contributed by atoms with Crippen molar-refractivity contribution in [3.63, 3.8) is 0 Å². The molecule has 27 heavy (non-hydrogen) atoms. The van der Waals surface area contributed by atoms with E-state index in [2.05, 4.69) is 52.2 Å². The standard InChI is InChI=1S/C21H30N2O3S/c1-11-15(18(25)26-8)16(23-19(27)22-11)12-9-13(20(2,3)4)17(24)14(10-12)21(5,6)7/h9-10,16,24H,1-8H3,(H2,22,23,27). The molecule has 0 radical (unpaired) electrons. The van der Waals surface area contributed by atoms with E-state index in [1.54, 1.807) is 0 Å². The second-order valence-electron chi connectivity index (χ2n) is 9.03. The molecule has 148 valence electrons. The van der Waals surface area contributed by atoms with E-state index < -0.39 is 12.0 Å². The molecule has 0 saturated carbocycles. The molecule has 0 aromatic heterocycles. The molecule has 1 atom stereocenters. The van der Waals surface area contributed by atoms with Crippen molar-refractivity contribution in [3.05, 3.63) is 40.1 Å². The summed E-state index contributed by atoms with van der Waals surface area (Å²) in [6, 6.07) is 3.45. The summed E-state index contributed by atoms with van der Waals surface area (Å²) >= 11 is 5.32. The lowest BCUT2D eigenvalue weighted by atomic mass is 9.77. The van der Waals surface area contributed by atoms with Gasteiger partial charge in [0.2, 0.25) is 0 Å². The van der Waals surface area contributed by atoms with Gasteiger partial charge in [-0.05, 0) is 58.8 Å². The predicted octanol–water partition coefficient (Wildman–Crippen LogP) is 3.95. The molecule has 1 aliphatic rings. The number of hydrogen-bond donors (Lipinski definition) is 3. The predicted molar refractivity (Wildman–Crippen MR) is 112 cm³/mol. The van der Waals surface area contributed by atoms with E-state index in [-0.39, 0.29) is 10.8 Å². The number of esters is 1. The van der Waals surface area contributed by atoms with Gasteiger partial charge in [-0.25, -0.2) is 4.79 Å². The average molecular weight is 391 g/mol. The Labute approximate surface area is 167 Å². The number of carbonyl (C=O) groups is 1. The van der Waals surface area contributed by atoms with Crippen LogP contribution in [0.1, 0.15) is 71.2 Å². The highest BCUT2D eigenvalue weighted by molar-refractivity contribution is 7.80. The number of rotatable bonds is 2. The average Bonchev–Trinajstić information content (AvgIpc) is 2.51. The zero-order valence-electron chi connectivity index (χ0n) is 17.4. The van der Waals surface area contributed by atoms with Gasteiger partial charge >= 0.3 is 5.97 Å². The van der Waals surface area contributed by atoms with Gasteiger partial charge < -0.3 is 20.5 Å². The van der Waals surface area contributed by atoms with E-state index in [4.69, 9.17) is 17.0 Å². The minimum Gasteiger partial charge on any atom is -0.507 e. The van der Waals surface area contributed by atoms with Crippen LogP contribution in [0, 0.1) is 0 Å². The molecule has 1 heterocycles. The maximum atomic E-state index is 12.4. The molecule has 1 aromatic carbocycles. The van der Waals surface area contributed by atoms with Crippen molar-refractivity contribution in [1.29, 1.82) is 0 Å². The first-order chi connectivity index (χ1) is 12.3. The van der Waals surface area contributed by atoms with Crippen molar-refractivity contribution < 1.29 is 14.6 Å². The van der Waals surface area contributed by atoms with E-state index in [1.165, 1.54) is 7.11 Å². The molecule has 1 aromatic rings. The first kappa shape index (κ1) is 21.2. The molecular weight excluding hydrogens is 360 g/mol. The number of methoxy groups -OCH3 is 1. The first-order valence-electron chi connectivity index (χ1n) is 9.01. The van der Waals surface area contributed by atoms with E-state index in [0.717, 1.165) is 16.7 Å². The quantitative estimate of drug-likeness (QED) is 0.525. The summed E-state index contributed by atoms with van der Waals surface area (Å²) in [5.74, 6) is -0.113. The van der Waals surface area contributed by atoms with Crippen LogP contribution < -0.4 is 10.6 Å². The van der Waals surface area contributed by atoms with Crippen molar-refractivity contribution in [2.75, 3.05) is 7.11 Å². The van der Waals surface area contributed by atoms with Gasteiger partial charge in [0.1, 0.15) is 5.75 Å². The lowest BCUT2D eigenvalue weighted by Crippen LogP contribution is -2.45. The SMILES string of the molecule is COC(=O)C1=C(C)NC(=S)NC1c1cc(C(C)(C)C)c(O)c(C(C)(C)C)c1. The van der Waals surface area contributed by atoms with Crippen molar-refractivity contribution in [2.45, 2.75) is 65.3 Å². The Morgan fingerprint density at radius 2 is 1.59 bits per heavy atom. The molecule has 0 bridgehead atoms. The fourth-order valence-corrected chi connectivity index (χ4v) is 3.56. The third kappa shape index (κ3) is 4.26. The molecule has 0 amide bonds. The van der Waals surface area contributed by atoms with E-state index in [0.29, 0.717) is 22.1 Å². The van der Waals surface area contributed by atoms with Crippen LogP contribution >= 0.6 is 12.2 Å². The number of benzene rings is 1. The van der Waals surface area contributed by atoms with Crippen LogP contribution in [0.3, 0.4) is 0 Å². The van der Waals surface area contributed by atoms with Gasteiger partial charge in [-0.3, -0.25) is 0 Å². The van der Waals surface area contributed by atoms with Crippen molar-refractivity contribution in [3.8, 4) is 5.75 Å². The van der Waals surface area contributed by atoms with Gasteiger partial charge in [-0.1, -0.05) is 41.5 Å². The minimum absolute atomic E-state index is 0.266. The molecule has 3 N–H and O–H groups in total. The van der Waals surface area contributed by atoms with E-state index in [9.17, 15) is 9.90 Å². The highest BCUT2D eigenvalue weighted by Gasteiger charge is 2.34. The lowest BCUT2D eigenvalue weighted by molar-refractivity contribution is -0.136. The number of hydrogen-bond acceptors (Lipinski definition) is 4. The summed E-state index contributed by atoms with van der Waals surface area (Å²) in [7, 11) is 1.37. The Bertz CT molecular complexity index is 779. The van der Waals surface area contributed by atoms with Gasteiger partial charge in [-0.15, -0.1) is 0 Å². The summed E-state index contributed by atoms with van der Waals surface area (Å²) in [5.41, 5.74) is 3.15. The molecule has 1 aliphatic heterocycles. The molecular formula is C21H30N2O3S. The molecule has 5 nitrogen and oxygen atoms in total. The summed E-state index contributed by atoms with van der Waals surface area (Å²) in [5, 5.41) is 17.6. The van der Waals surface area contributed by atoms with Crippen LogP contribution in [0.4, 0.5) is 0 Å². The monoisotopic (exact) mass is 390 g/mol. The van der Waals surface area contributed by atoms with Crippen molar-refractivity contribution >= 4 is 23.3 Å². The number of carbonyl (C=O) groups excluding carboxylic acids is 1. The number of allylic oxidation sites excluding steroid dienone is 1. The van der Waals surface area contributed by atoms with Gasteiger partial charge in [0, 0.05) is 5.70 Å². The summed E-state index contributed by atoms with van der Waals surface area (Å²) in [6.45, 7) is 14.1. The number of phenolic OH excluding ortho intramolecular Hbond substituents is 1. The van der Waals surface area contributed by atoms with Gasteiger partial charge in [-0.2, -0.15) is 0 Å². The van der Waals surface area contributed by atoms with Crippen LogP contribution in [-0.2, 0) is 20.4 Å². The van der Waals surface area contributed by atoms with Crippen molar-refractivity contribution in [1.82, 2.24) is 10.6 Å². The molecule has 0 fully saturated rings. The minimum atomic E-state index is -0.450. The highest BCUT2D eigenvalue weighted by Crippen LogP contribution is 2.42. The first-order valence-corrected chi connectivity index (χ1v) is 9.42. The smallest absolute Gasteiger partial charge is 0.337 e. The van der Waals surface area contributed by atoms with E-state index >= 15 is 0 Å². The molecule has 0 saturated heterocycles. The second kappa shape index (κ2) is 7.15. The van der Waals surface area contributed by atoms with Gasteiger partial charge in [0.15, 0.2) is 5.11 Å². The van der Waals surface area contributed by atoms with E-state index in [1.807, 2.05) is 19.1 Å². The zero-order chi connectivity index (χ0) is 20.7. The molecule has 2 rings (SSSR count). The Kier molecular flexibility index (Phi) is 5.62. The molecule has 1 unspecified atom stereocenters. The van der Waals surface area contributed by atoms with Gasteiger partial charge in [0.05, 0.1) is 18.7 Å². The van der Waals surface area contributed by atoms with Crippen LogP contribution in [0.5, 0.6) is 5.75 Å². The Balaban J connectivity index is 2.78. The van der Waals surface area contributed by atoms with Crippen LogP contribution in [0.2, 0.25) is 0 Å². The third-order valence-electron chi connectivity index (χ3n) is 4.76. The number of ether oxygens (including phenoxy) is 1. The number of phenols is 1. The topological polar surface area (TPSA) is 70.6 Å². The molecule has 0 spiro atoms. The Hall–Kier alpha value is -2.08. The van der Waals surface area contributed by atoms with Crippen LogP contribution in [0.25, 0.3) is 0 Å². The fourth-order valence-electron chi connectivity index (χ4n) is 3.29. The summed E-state index contributed by atoms with van der Waals surface area (Å²) in [4.78, 5) is 12.4. The molecule has 0 aliphatic carbocycles. The molecule has 6 heteroatoms. The maximum absolute atomic E-state index is 12.4. The Morgan fingerprint density at radius 3 is 2.00 bits per heavy atom. The Morgan fingerprint density at radius 1 is 1.11 bits per heavy atom. The number of nitrogens with one attached hydrogen (secondary N) is 2. The van der Waals surface area contributed by atoms with Gasteiger partial charge in [0.25, 0.3) is 0 Å². The largest absolute Gasteiger partial charge is 0.507 e. The highest BCUT2D eigenvalue weighted by atomic mass is 32.1. The maximum Gasteiger partial charge on any atom is 0.337 e. The number of aromatic hydroxyl groups is 1. The summed E-state index contributed by atoms with van der Waals surface area (Å²) in [6.07, 6.45) is 0. The fraction of sp³-hybridized carbons (Fsp3) is 0.524. The van der Waals surface area contributed by atoms with Crippen LogP contribution in [-0.4, -0.2) is 23.3 Å². The summed E-state index contributed by atoms with van der Waals surface area (Å²) < 4.78 is 5.00. The zero-order valence-corrected chi connectivity index (χ0v) is 18.2. The van der Waals surface area contributed by atoms with Crippen molar-refractivity contribution in [2.24, 2.45) is 0 Å². The number of thiocarbonyl (C=S) groups is 1. The van der Waals surface area contributed by atoms with Crippen LogP contribution in [0.15, 0.2) is 23.4 Å².